The van der Waals surface area contributed by atoms with Gasteiger partial charge in [0.15, 0.2) is 0 Å². The van der Waals surface area contributed by atoms with Crippen LogP contribution in [-0.4, -0.2) is 18.5 Å². The lowest BCUT2D eigenvalue weighted by atomic mass is 9.95. The molecule has 0 fully saturated rings. The van der Waals surface area contributed by atoms with Crippen LogP contribution in [0.2, 0.25) is 0 Å². The Kier molecular flexibility index (Phi) is 6.57. The van der Waals surface area contributed by atoms with Crippen LogP contribution in [0.4, 0.5) is 0 Å². The average Bonchev–Trinajstić information content (AvgIpc) is 2.40. The van der Waals surface area contributed by atoms with Crippen LogP contribution in [0.25, 0.3) is 0 Å². The van der Waals surface area contributed by atoms with E-state index >= 15 is 0 Å². The number of hydrogen-bond acceptors (Lipinski definition) is 2. The molecule has 0 aliphatic heterocycles. The first-order valence-corrected chi connectivity index (χ1v) is 7.15. The number of nitrogens with two attached hydrogens (primary N) is 1. The molecule has 3 nitrogen and oxygen atoms in total. The molecule has 0 bridgehead atoms. The summed E-state index contributed by atoms with van der Waals surface area (Å²) in [6.07, 6.45) is 2.55. The zero-order valence-electron chi connectivity index (χ0n) is 12.3. The summed E-state index contributed by atoms with van der Waals surface area (Å²) in [4.78, 5) is 11.9. The lowest BCUT2D eigenvalue weighted by Crippen LogP contribution is -2.42. The summed E-state index contributed by atoms with van der Waals surface area (Å²) in [5.41, 5.74) is 8.33. The first kappa shape index (κ1) is 15.7. The molecule has 0 aliphatic rings. The number of carbonyl (C=O) groups excluding carboxylic acids is 1. The molecule has 1 amide bonds. The fraction of sp³-hybridized carbons (Fsp3) is 0.562. The van der Waals surface area contributed by atoms with E-state index in [0.717, 1.165) is 24.0 Å². The highest BCUT2D eigenvalue weighted by atomic mass is 16.1. The van der Waals surface area contributed by atoms with Gasteiger partial charge < -0.3 is 11.1 Å². The molecule has 0 aromatic heterocycles. The topological polar surface area (TPSA) is 55.1 Å². The van der Waals surface area contributed by atoms with Crippen molar-refractivity contribution in [1.29, 1.82) is 0 Å². The number of nitrogens with one attached hydrogen (secondary N) is 1. The highest BCUT2D eigenvalue weighted by molar-refractivity contribution is 5.78. The van der Waals surface area contributed by atoms with Gasteiger partial charge in [-0.1, -0.05) is 51.0 Å². The van der Waals surface area contributed by atoms with Crippen LogP contribution in [0.1, 0.15) is 37.8 Å². The third kappa shape index (κ3) is 5.03. The van der Waals surface area contributed by atoms with Crippen LogP contribution >= 0.6 is 0 Å². The number of rotatable bonds is 7. The monoisotopic (exact) mass is 262 g/mol. The van der Waals surface area contributed by atoms with Crippen molar-refractivity contribution in [3.63, 3.8) is 0 Å². The standard InChI is InChI=1S/C16H26N2O/c1-4-13(5-2)15(17)11-18-16(19)10-14-9-7-6-8-12(14)3/h6-9,13,15H,4-5,10-11,17H2,1-3H3,(H,18,19). The van der Waals surface area contributed by atoms with E-state index in [9.17, 15) is 4.79 Å². The Balaban J connectivity index is 2.42. The van der Waals surface area contributed by atoms with E-state index in [1.807, 2.05) is 31.2 Å². The third-order valence-electron chi connectivity index (χ3n) is 3.80. The Morgan fingerprint density at radius 2 is 1.89 bits per heavy atom. The maximum Gasteiger partial charge on any atom is 0.224 e. The van der Waals surface area contributed by atoms with Crippen molar-refractivity contribution in [1.82, 2.24) is 5.32 Å². The Hall–Kier alpha value is -1.35. The second-order valence-corrected chi connectivity index (χ2v) is 5.15. The van der Waals surface area contributed by atoms with Gasteiger partial charge in [-0.2, -0.15) is 0 Å². The van der Waals surface area contributed by atoms with Crippen molar-refractivity contribution in [2.24, 2.45) is 11.7 Å². The fourth-order valence-electron chi connectivity index (χ4n) is 2.34. The molecule has 19 heavy (non-hydrogen) atoms. The summed E-state index contributed by atoms with van der Waals surface area (Å²) >= 11 is 0. The van der Waals surface area contributed by atoms with Crippen LogP contribution in [0.5, 0.6) is 0 Å². The number of carbonyl (C=O) groups is 1. The quantitative estimate of drug-likeness (QED) is 0.793. The molecule has 0 saturated heterocycles. The molecule has 1 aromatic carbocycles. The summed E-state index contributed by atoms with van der Waals surface area (Å²) in [6.45, 7) is 6.88. The van der Waals surface area contributed by atoms with E-state index in [1.165, 1.54) is 0 Å². The van der Waals surface area contributed by atoms with Gasteiger partial charge in [0.2, 0.25) is 5.91 Å². The van der Waals surface area contributed by atoms with Crippen LogP contribution in [0, 0.1) is 12.8 Å². The minimum Gasteiger partial charge on any atom is -0.354 e. The third-order valence-corrected chi connectivity index (χ3v) is 3.80. The van der Waals surface area contributed by atoms with Crippen LogP contribution in [-0.2, 0) is 11.2 Å². The molecular weight excluding hydrogens is 236 g/mol. The summed E-state index contributed by atoms with van der Waals surface area (Å²) in [5, 5.41) is 2.94. The maximum absolute atomic E-state index is 11.9. The minimum absolute atomic E-state index is 0.0516. The van der Waals surface area contributed by atoms with Crippen LogP contribution in [0.3, 0.4) is 0 Å². The number of amides is 1. The van der Waals surface area contributed by atoms with Gasteiger partial charge >= 0.3 is 0 Å². The largest absolute Gasteiger partial charge is 0.354 e. The van der Waals surface area contributed by atoms with E-state index in [1.54, 1.807) is 0 Å². The molecule has 1 atom stereocenters. The van der Waals surface area contributed by atoms with E-state index in [0.29, 0.717) is 18.9 Å². The Morgan fingerprint density at radius 3 is 2.47 bits per heavy atom. The molecule has 3 heteroatoms. The van der Waals surface area contributed by atoms with Gasteiger partial charge in [-0.05, 0) is 24.0 Å². The van der Waals surface area contributed by atoms with Crippen molar-refractivity contribution < 1.29 is 4.79 Å². The summed E-state index contributed by atoms with van der Waals surface area (Å²) in [6, 6.07) is 8.02. The average molecular weight is 262 g/mol. The van der Waals surface area contributed by atoms with E-state index in [2.05, 4.69) is 19.2 Å². The van der Waals surface area contributed by atoms with Crippen LogP contribution in [0.15, 0.2) is 24.3 Å². The number of aryl methyl sites for hydroxylation is 1. The zero-order chi connectivity index (χ0) is 14.3. The Morgan fingerprint density at radius 1 is 1.26 bits per heavy atom. The van der Waals surface area contributed by atoms with Gasteiger partial charge in [-0.3, -0.25) is 4.79 Å². The number of hydrogen-bond donors (Lipinski definition) is 2. The SMILES string of the molecule is CCC(CC)C(N)CNC(=O)Cc1ccccc1C. The normalized spacial score (nSPS) is 12.5. The molecule has 106 valence electrons. The molecule has 1 rings (SSSR count). The van der Waals surface area contributed by atoms with E-state index in [-0.39, 0.29) is 11.9 Å². The lowest BCUT2D eigenvalue weighted by molar-refractivity contribution is -0.120. The van der Waals surface area contributed by atoms with Gasteiger partial charge in [-0.15, -0.1) is 0 Å². The summed E-state index contributed by atoms with van der Waals surface area (Å²) < 4.78 is 0. The molecular formula is C16H26N2O. The molecule has 3 N–H and O–H groups in total. The Bertz CT molecular complexity index is 399. The predicted octanol–water partition coefficient (Wildman–Crippen LogP) is 2.42. The van der Waals surface area contributed by atoms with Crippen molar-refractivity contribution in [3.05, 3.63) is 35.4 Å². The maximum atomic E-state index is 11.9. The fourth-order valence-corrected chi connectivity index (χ4v) is 2.34. The summed E-state index contributed by atoms with van der Waals surface area (Å²) in [5.74, 6) is 0.537. The van der Waals surface area contributed by atoms with Crippen LogP contribution < -0.4 is 11.1 Å². The molecule has 0 radical (unpaired) electrons. The first-order valence-electron chi connectivity index (χ1n) is 7.15. The molecule has 0 aliphatic carbocycles. The van der Waals surface area contributed by atoms with Crippen molar-refractivity contribution in [2.45, 2.75) is 46.1 Å². The minimum atomic E-state index is 0.0516. The molecule has 1 aromatic rings. The van der Waals surface area contributed by atoms with Crippen molar-refractivity contribution >= 4 is 5.91 Å². The van der Waals surface area contributed by atoms with E-state index in [4.69, 9.17) is 5.73 Å². The molecule has 0 heterocycles. The summed E-state index contributed by atoms with van der Waals surface area (Å²) in [7, 11) is 0. The molecule has 0 spiro atoms. The smallest absolute Gasteiger partial charge is 0.224 e. The highest BCUT2D eigenvalue weighted by Crippen LogP contribution is 2.11. The van der Waals surface area contributed by atoms with Gasteiger partial charge in [0.05, 0.1) is 6.42 Å². The van der Waals surface area contributed by atoms with Crippen molar-refractivity contribution in [2.75, 3.05) is 6.54 Å². The predicted molar refractivity (Wildman–Crippen MR) is 79.9 cm³/mol. The zero-order valence-corrected chi connectivity index (χ0v) is 12.3. The lowest BCUT2D eigenvalue weighted by Gasteiger charge is -2.21. The van der Waals surface area contributed by atoms with Gasteiger partial charge in [0, 0.05) is 12.6 Å². The van der Waals surface area contributed by atoms with Gasteiger partial charge in [0.25, 0.3) is 0 Å². The molecule has 0 saturated carbocycles. The number of benzene rings is 1. The second kappa shape index (κ2) is 7.95. The van der Waals surface area contributed by atoms with E-state index < -0.39 is 0 Å². The van der Waals surface area contributed by atoms with Gasteiger partial charge in [0.1, 0.15) is 0 Å². The van der Waals surface area contributed by atoms with Crippen molar-refractivity contribution in [3.8, 4) is 0 Å². The Labute approximate surface area is 116 Å². The van der Waals surface area contributed by atoms with Gasteiger partial charge in [-0.25, -0.2) is 0 Å². The second-order valence-electron chi connectivity index (χ2n) is 5.15. The first-order chi connectivity index (χ1) is 9.08. The highest BCUT2D eigenvalue weighted by Gasteiger charge is 2.15. The molecule has 1 unspecified atom stereocenters.